The molecule has 1 aromatic carbocycles. The molecule has 126 valence electrons. The van der Waals surface area contributed by atoms with Gasteiger partial charge in [-0.3, -0.25) is 9.48 Å². The highest BCUT2D eigenvalue weighted by Gasteiger charge is 2.48. The lowest BCUT2D eigenvalue weighted by Gasteiger charge is -2.26. The number of carbonyl (C=O) groups excluding carboxylic acids is 1. The Morgan fingerprint density at radius 2 is 2.00 bits per heavy atom. The second kappa shape index (κ2) is 6.11. The number of rotatable bonds is 6. The van der Waals surface area contributed by atoms with Gasteiger partial charge in [-0.2, -0.15) is 5.10 Å². The summed E-state index contributed by atoms with van der Waals surface area (Å²) < 4.78 is 1.75. The first-order valence-electron chi connectivity index (χ1n) is 8.04. The van der Waals surface area contributed by atoms with Crippen molar-refractivity contribution in [3.05, 3.63) is 53.3 Å². The topological polar surface area (TPSA) is 84.2 Å². The lowest BCUT2D eigenvalue weighted by molar-refractivity contribution is -0.144. The third-order valence-electron chi connectivity index (χ3n) is 4.73. The van der Waals surface area contributed by atoms with E-state index in [1.807, 2.05) is 37.3 Å². The summed E-state index contributed by atoms with van der Waals surface area (Å²) >= 11 is 0. The molecule has 2 aromatic rings. The van der Waals surface area contributed by atoms with Gasteiger partial charge in [0.15, 0.2) is 0 Å². The van der Waals surface area contributed by atoms with Crippen LogP contribution in [-0.2, 0) is 11.3 Å². The van der Waals surface area contributed by atoms with E-state index in [2.05, 4.69) is 10.4 Å². The monoisotopic (exact) mass is 327 g/mol. The SMILES string of the molecule is Cc1c(C(=O)N[C@](C)(C(=O)O)C2CC2)cnn1Cc1ccccc1. The maximum Gasteiger partial charge on any atom is 0.329 e. The zero-order chi connectivity index (χ0) is 17.3. The fraction of sp³-hybridized carbons (Fsp3) is 0.389. The number of carbonyl (C=O) groups is 2. The number of hydrogen-bond acceptors (Lipinski definition) is 3. The Bertz CT molecular complexity index is 765. The summed E-state index contributed by atoms with van der Waals surface area (Å²) in [5.41, 5.74) is 1.01. The molecule has 0 aliphatic heterocycles. The number of aliphatic carboxylic acids is 1. The quantitative estimate of drug-likeness (QED) is 0.852. The lowest BCUT2D eigenvalue weighted by Crippen LogP contribution is -2.54. The van der Waals surface area contributed by atoms with Gasteiger partial charge in [-0.1, -0.05) is 30.3 Å². The van der Waals surface area contributed by atoms with Crippen LogP contribution in [0.1, 0.15) is 41.4 Å². The van der Waals surface area contributed by atoms with Gasteiger partial charge in [0, 0.05) is 5.69 Å². The Morgan fingerprint density at radius 1 is 1.33 bits per heavy atom. The predicted molar refractivity (Wildman–Crippen MR) is 88.7 cm³/mol. The molecule has 1 atom stereocenters. The van der Waals surface area contributed by atoms with Crippen LogP contribution in [0.5, 0.6) is 0 Å². The highest BCUT2D eigenvalue weighted by Crippen LogP contribution is 2.39. The number of aromatic nitrogens is 2. The van der Waals surface area contributed by atoms with Crippen molar-refractivity contribution in [2.24, 2.45) is 5.92 Å². The molecular formula is C18H21N3O3. The summed E-state index contributed by atoms with van der Waals surface area (Å²) in [5, 5.41) is 16.4. The zero-order valence-corrected chi connectivity index (χ0v) is 13.8. The van der Waals surface area contributed by atoms with Crippen LogP contribution in [0, 0.1) is 12.8 Å². The van der Waals surface area contributed by atoms with Crippen LogP contribution >= 0.6 is 0 Å². The second-order valence-corrected chi connectivity index (χ2v) is 6.52. The Hall–Kier alpha value is -2.63. The maximum atomic E-state index is 12.6. The molecule has 1 amide bonds. The van der Waals surface area contributed by atoms with E-state index < -0.39 is 11.5 Å². The molecule has 1 saturated carbocycles. The molecule has 1 aliphatic rings. The Balaban J connectivity index is 1.77. The molecule has 0 radical (unpaired) electrons. The summed E-state index contributed by atoms with van der Waals surface area (Å²) in [6.45, 7) is 3.97. The van der Waals surface area contributed by atoms with Crippen molar-refractivity contribution in [2.45, 2.75) is 38.8 Å². The molecule has 1 aliphatic carbocycles. The minimum atomic E-state index is -1.22. The molecule has 0 bridgehead atoms. The van der Waals surface area contributed by atoms with Gasteiger partial charge in [0.1, 0.15) is 5.54 Å². The van der Waals surface area contributed by atoms with Crippen molar-refractivity contribution in [2.75, 3.05) is 0 Å². The fourth-order valence-corrected chi connectivity index (χ4v) is 2.88. The average Bonchev–Trinajstić information content (AvgIpc) is 3.34. The van der Waals surface area contributed by atoms with Crippen molar-refractivity contribution in [3.63, 3.8) is 0 Å². The van der Waals surface area contributed by atoms with Gasteiger partial charge in [0.25, 0.3) is 5.91 Å². The van der Waals surface area contributed by atoms with Crippen molar-refractivity contribution >= 4 is 11.9 Å². The number of nitrogens with zero attached hydrogens (tertiary/aromatic N) is 2. The normalized spacial score (nSPS) is 16.4. The number of carboxylic acid groups (broad SMARTS) is 1. The van der Waals surface area contributed by atoms with Crippen LogP contribution in [0.25, 0.3) is 0 Å². The lowest BCUT2D eigenvalue weighted by atomic mass is 9.95. The Morgan fingerprint density at radius 3 is 2.58 bits per heavy atom. The smallest absolute Gasteiger partial charge is 0.329 e. The molecule has 1 heterocycles. The Labute approximate surface area is 140 Å². The summed E-state index contributed by atoms with van der Waals surface area (Å²) in [6, 6.07) is 9.85. The summed E-state index contributed by atoms with van der Waals surface area (Å²) in [4.78, 5) is 24.1. The molecule has 0 saturated heterocycles. The number of nitrogens with one attached hydrogen (secondary N) is 1. The third-order valence-corrected chi connectivity index (χ3v) is 4.73. The molecule has 6 nitrogen and oxygen atoms in total. The third kappa shape index (κ3) is 3.04. The van der Waals surface area contributed by atoms with E-state index >= 15 is 0 Å². The first-order valence-corrected chi connectivity index (χ1v) is 8.04. The predicted octanol–water partition coefficient (Wildman–Crippen LogP) is 2.22. The van der Waals surface area contributed by atoms with E-state index in [0.717, 1.165) is 24.1 Å². The molecule has 0 spiro atoms. The fourth-order valence-electron chi connectivity index (χ4n) is 2.88. The zero-order valence-electron chi connectivity index (χ0n) is 13.8. The minimum Gasteiger partial charge on any atom is -0.480 e. The number of carboxylic acids is 1. The highest BCUT2D eigenvalue weighted by molar-refractivity contribution is 5.98. The van der Waals surface area contributed by atoms with E-state index in [1.165, 1.54) is 6.20 Å². The standard InChI is InChI=1S/C18H21N3O3/c1-12-15(10-19-21(12)11-13-6-4-3-5-7-13)16(22)20-18(2,17(23)24)14-8-9-14/h3-7,10,14H,8-9,11H2,1-2H3,(H,20,22)(H,23,24)/t18-/m0/s1. The summed E-state index contributed by atoms with van der Waals surface area (Å²) in [6.07, 6.45) is 3.16. The highest BCUT2D eigenvalue weighted by atomic mass is 16.4. The Kier molecular flexibility index (Phi) is 4.13. The molecular weight excluding hydrogens is 306 g/mol. The van der Waals surface area contributed by atoms with E-state index in [0.29, 0.717) is 12.1 Å². The van der Waals surface area contributed by atoms with Crippen molar-refractivity contribution in [3.8, 4) is 0 Å². The van der Waals surface area contributed by atoms with Gasteiger partial charge in [-0.05, 0) is 38.2 Å². The minimum absolute atomic E-state index is 0.00128. The number of benzene rings is 1. The van der Waals surface area contributed by atoms with Crippen LogP contribution in [-0.4, -0.2) is 32.3 Å². The van der Waals surface area contributed by atoms with E-state index in [4.69, 9.17) is 0 Å². The molecule has 24 heavy (non-hydrogen) atoms. The molecule has 3 rings (SSSR count). The van der Waals surface area contributed by atoms with Crippen molar-refractivity contribution in [1.82, 2.24) is 15.1 Å². The second-order valence-electron chi connectivity index (χ2n) is 6.52. The molecule has 1 aromatic heterocycles. The van der Waals surface area contributed by atoms with E-state index in [9.17, 15) is 14.7 Å². The van der Waals surface area contributed by atoms with E-state index in [-0.39, 0.29) is 11.8 Å². The van der Waals surface area contributed by atoms with Gasteiger partial charge in [-0.15, -0.1) is 0 Å². The number of amides is 1. The number of hydrogen-bond donors (Lipinski definition) is 2. The molecule has 1 fully saturated rings. The molecule has 6 heteroatoms. The maximum absolute atomic E-state index is 12.6. The van der Waals surface area contributed by atoms with Gasteiger partial charge in [0.2, 0.25) is 0 Å². The summed E-state index contributed by atoms with van der Waals surface area (Å²) in [5.74, 6) is -1.38. The van der Waals surface area contributed by atoms with Gasteiger partial charge in [0.05, 0.1) is 18.3 Å². The van der Waals surface area contributed by atoms with Crippen molar-refractivity contribution in [1.29, 1.82) is 0 Å². The largest absolute Gasteiger partial charge is 0.480 e. The van der Waals surface area contributed by atoms with Crippen LogP contribution in [0.2, 0.25) is 0 Å². The van der Waals surface area contributed by atoms with Crippen LogP contribution in [0.4, 0.5) is 0 Å². The molecule has 2 N–H and O–H groups in total. The van der Waals surface area contributed by atoms with Gasteiger partial charge < -0.3 is 10.4 Å². The van der Waals surface area contributed by atoms with Crippen LogP contribution in [0.3, 0.4) is 0 Å². The van der Waals surface area contributed by atoms with Crippen LogP contribution in [0.15, 0.2) is 36.5 Å². The summed E-state index contributed by atoms with van der Waals surface area (Å²) in [7, 11) is 0. The van der Waals surface area contributed by atoms with Crippen LogP contribution < -0.4 is 5.32 Å². The van der Waals surface area contributed by atoms with Gasteiger partial charge >= 0.3 is 5.97 Å². The van der Waals surface area contributed by atoms with E-state index in [1.54, 1.807) is 11.6 Å². The first-order chi connectivity index (χ1) is 11.4. The average molecular weight is 327 g/mol. The first kappa shape index (κ1) is 16.2. The van der Waals surface area contributed by atoms with Crippen molar-refractivity contribution < 1.29 is 14.7 Å². The van der Waals surface area contributed by atoms with Gasteiger partial charge in [-0.25, -0.2) is 4.79 Å². The molecule has 0 unspecified atom stereocenters.